The molecule has 3 aromatic rings. The number of carbonyl (C=O) groups is 1. The number of morpholine rings is 1. The molecular formula is C21H26N3O3+. The van der Waals surface area contributed by atoms with Gasteiger partial charge < -0.3 is 9.47 Å². The van der Waals surface area contributed by atoms with Gasteiger partial charge in [0.1, 0.15) is 11.1 Å². The predicted octanol–water partition coefficient (Wildman–Crippen LogP) is 2.94. The van der Waals surface area contributed by atoms with Gasteiger partial charge in [0.05, 0.1) is 44.3 Å². The number of pyridine rings is 1. The topological polar surface area (TPSA) is 57.8 Å². The van der Waals surface area contributed by atoms with Crippen LogP contribution in [0.15, 0.2) is 30.3 Å². The van der Waals surface area contributed by atoms with Crippen molar-refractivity contribution in [3.8, 4) is 0 Å². The number of esters is 1. The molecule has 0 saturated carbocycles. The number of para-hydroxylation sites is 1. The highest BCUT2D eigenvalue weighted by Crippen LogP contribution is 2.30. The molecule has 1 aliphatic rings. The summed E-state index contributed by atoms with van der Waals surface area (Å²) < 4.78 is 13.4. The van der Waals surface area contributed by atoms with Crippen LogP contribution in [0.25, 0.3) is 21.9 Å². The summed E-state index contributed by atoms with van der Waals surface area (Å²) in [6.07, 6.45) is 0.195. The number of aryl methyl sites for hydroxylation is 1. The molecule has 142 valence electrons. The van der Waals surface area contributed by atoms with Crippen molar-refractivity contribution in [2.24, 2.45) is 7.05 Å². The minimum absolute atomic E-state index is 0.0976. The Labute approximate surface area is 158 Å². The summed E-state index contributed by atoms with van der Waals surface area (Å²) in [6, 6.07) is 10.2. The van der Waals surface area contributed by atoms with E-state index >= 15 is 0 Å². The van der Waals surface area contributed by atoms with Gasteiger partial charge in [-0.1, -0.05) is 18.2 Å². The van der Waals surface area contributed by atoms with Gasteiger partial charge in [-0.2, -0.15) is 0 Å². The standard InChI is InChI=1S/C21H25N3O3/c1-5-26-21(25)17-10-16-15-8-6-7-9-18(15)23(4)19(16)22-20(17)24-11-13(2)27-14(3)12-24/h6-10,13-14H,5,11-12H2,1-4H3/p+1/t13-,14+. The van der Waals surface area contributed by atoms with Crippen LogP contribution >= 0.6 is 0 Å². The minimum atomic E-state index is -0.301. The van der Waals surface area contributed by atoms with Crippen LogP contribution in [0.1, 0.15) is 31.1 Å². The number of aromatic amines is 1. The third-order valence-electron chi connectivity index (χ3n) is 5.16. The lowest BCUT2D eigenvalue weighted by atomic mass is 10.1. The molecule has 4 rings (SSSR count). The second-order valence-electron chi connectivity index (χ2n) is 7.25. The highest BCUT2D eigenvalue weighted by Gasteiger charge is 2.32. The van der Waals surface area contributed by atoms with E-state index in [4.69, 9.17) is 9.47 Å². The molecule has 27 heavy (non-hydrogen) atoms. The Hall–Kier alpha value is -2.60. The van der Waals surface area contributed by atoms with E-state index in [-0.39, 0.29) is 18.2 Å². The van der Waals surface area contributed by atoms with Crippen molar-refractivity contribution < 1.29 is 19.3 Å². The van der Waals surface area contributed by atoms with E-state index < -0.39 is 0 Å². The van der Waals surface area contributed by atoms with Crippen LogP contribution in [-0.4, -0.2) is 42.4 Å². The summed E-state index contributed by atoms with van der Waals surface area (Å²) >= 11 is 0. The number of nitrogens with zero attached hydrogens (tertiary/aromatic N) is 2. The molecule has 2 aromatic heterocycles. The van der Waals surface area contributed by atoms with E-state index in [1.807, 2.05) is 32.2 Å². The first-order valence-electron chi connectivity index (χ1n) is 9.50. The quantitative estimate of drug-likeness (QED) is 0.667. The molecule has 1 aromatic carbocycles. The molecule has 0 bridgehead atoms. The number of nitrogens with one attached hydrogen (secondary N) is 1. The Morgan fingerprint density at radius 1 is 1.22 bits per heavy atom. The fourth-order valence-electron chi connectivity index (χ4n) is 4.09. The van der Waals surface area contributed by atoms with Crippen LogP contribution in [0.2, 0.25) is 0 Å². The molecule has 6 heteroatoms. The summed E-state index contributed by atoms with van der Waals surface area (Å²) in [5.74, 6) is 0.499. The van der Waals surface area contributed by atoms with Gasteiger partial charge in [0.25, 0.3) is 0 Å². The minimum Gasteiger partial charge on any atom is -0.462 e. The van der Waals surface area contributed by atoms with Gasteiger partial charge >= 0.3 is 5.97 Å². The van der Waals surface area contributed by atoms with Gasteiger partial charge in [-0.15, -0.1) is 0 Å². The smallest absolute Gasteiger partial charge is 0.344 e. The molecule has 0 unspecified atom stereocenters. The summed E-state index contributed by atoms with van der Waals surface area (Å²) in [5, 5.41) is 2.14. The number of rotatable bonds is 3. The number of fused-ring (bicyclic) bond motifs is 3. The van der Waals surface area contributed by atoms with Crippen LogP contribution in [0.3, 0.4) is 0 Å². The van der Waals surface area contributed by atoms with Gasteiger partial charge in [-0.3, -0.25) is 9.47 Å². The first-order valence-corrected chi connectivity index (χ1v) is 9.50. The molecule has 1 fully saturated rings. The van der Waals surface area contributed by atoms with Crippen LogP contribution in [0, 0.1) is 0 Å². The van der Waals surface area contributed by atoms with Gasteiger partial charge in [-0.25, -0.2) is 9.78 Å². The van der Waals surface area contributed by atoms with Crippen molar-refractivity contribution in [1.82, 2.24) is 4.57 Å². The summed E-state index contributed by atoms with van der Waals surface area (Å²) in [4.78, 5) is 18.5. The first kappa shape index (κ1) is 17.8. The molecule has 0 spiro atoms. The van der Waals surface area contributed by atoms with Crippen molar-refractivity contribution in [2.45, 2.75) is 33.0 Å². The zero-order valence-corrected chi connectivity index (χ0v) is 16.3. The highest BCUT2D eigenvalue weighted by molar-refractivity contribution is 6.08. The molecule has 1 aliphatic heterocycles. The third-order valence-corrected chi connectivity index (χ3v) is 5.16. The van der Waals surface area contributed by atoms with E-state index in [2.05, 4.69) is 40.4 Å². The maximum atomic E-state index is 12.8. The van der Waals surface area contributed by atoms with E-state index in [1.54, 1.807) is 0 Å². The molecule has 0 amide bonds. The Morgan fingerprint density at radius 3 is 2.63 bits per heavy atom. The third kappa shape index (κ3) is 3.04. The molecular weight excluding hydrogens is 342 g/mol. The number of carbonyl (C=O) groups excluding carboxylic acids is 1. The fourth-order valence-corrected chi connectivity index (χ4v) is 4.09. The largest absolute Gasteiger partial charge is 0.462 e. The first-order chi connectivity index (χ1) is 13.0. The second kappa shape index (κ2) is 6.85. The van der Waals surface area contributed by atoms with E-state index in [0.29, 0.717) is 12.2 Å². The zero-order valence-electron chi connectivity index (χ0n) is 16.3. The lowest BCUT2D eigenvalue weighted by Crippen LogP contribution is -2.48. The molecule has 2 atom stereocenters. The Balaban J connectivity index is 1.95. The lowest BCUT2D eigenvalue weighted by molar-refractivity contribution is -0.336. The molecule has 3 heterocycles. The Kier molecular flexibility index (Phi) is 4.52. The van der Waals surface area contributed by atoms with Crippen molar-refractivity contribution in [1.29, 1.82) is 0 Å². The van der Waals surface area contributed by atoms with Crippen LogP contribution in [0.5, 0.6) is 0 Å². The van der Waals surface area contributed by atoms with E-state index in [1.165, 1.54) is 0 Å². The van der Waals surface area contributed by atoms with Gasteiger partial charge in [-0.05, 0) is 32.9 Å². The van der Waals surface area contributed by atoms with Crippen LogP contribution in [0.4, 0.5) is 5.82 Å². The zero-order chi connectivity index (χ0) is 19.1. The predicted molar refractivity (Wildman–Crippen MR) is 105 cm³/mol. The lowest BCUT2D eigenvalue weighted by Gasteiger charge is -2.33. The maximum Gasteiger partial charge on any atom is 0.344 e. The Bertz CT molecular complexity index is 1000. The number of hydrogen-bond acceptors (Lipinski definition) is 4. The molecule has 6 nitrogen and oxygen atoms in total. The van der Waals surface area contributed by atoms with Gasteiger partial charge in [0.15, 0.2) is 0 Å². The number of aromatic nitrogens is 2. The molecule has 0 aliphatic carbocycles. The number of ether oxygens (including phenoxy) is 2. The number of H-pyrrole nitrogens is 1. The van der Waals surface area contributed by atoms with E-state index in [0.717, 1.165) is 40.8 Å². The molecule has 1 N–H and O–H groups in total. The Morgan fingerprint density at radius 2 is 1.93 bits per heavy atom. The summed E-state index contributed by atoms with van der Waals surface area (Å²) in [6.45, 7) is 7.74. The normalized spacial score (nSPS) is 20.4. The molecule has 0 radical (unpaired) electrons. The van der Waals surface area contributed by atoms with Crippen LogP contribution < -0.4 is 9.88 Å². The van der Waals surface area contributed by atoms with Gasteiger partial charge in [0.2, 0.25) is 11.5 Å². The second-order valence-corrected chi connectivity index (χ2v) is 7.25. The number of anilines is 1. The van der Waals surface area contributed by atoms with E-state index in [9.17, 15) is 4.79 Å². The van der Waals surface area contributed by atoms with Crippen molar-refractivity contribution in [3.63, 3.8) is 0 Å². The van der Waals surface area contributed by atoms with Crippen molar-refractivity contribution >= 4 is 33.7 Å². The highest BCUT2D eigenvalue weighted by atomic mass is 16.5. The number of benzene rings is 1. The average molecular weight is 368 g/mol. The monoisotopic (exact) mass is 368 g/mol. The van der Waals surface area contributed by atoms with Crippen LogP contribution in [-0.2, 0) is 16.5 Å². The maximum absolute atomic E-state index is 12.8. The molecule has 1 saturated heterocycles. The van der Waals surface area contributed by atoms with Gasteiger partial charge in [0, 0.05) is 5.39 Å². The van der Waals surface area contributed by atoms with Crippen molar-refractivity contribution in [3.05, 3.63) is 35.9 Å². The SMILES string of the molecule is CCOC(=O)c1cc2c3ccccc3n(C)c2[nH+]c1N1C[C@@H](C)O[C@@H](C)C1. The average Bonchev–Trinajstić information content (AvgIpc) is 2.92. The number of hydrogen-bond donors (Lipinski definition) is 0. The summed E-state index contributed by atoms with van der Waals surface area (Å²) in [7, 11) is 2.04. The summed E-state index contributed by atoms with van der Waals surface area (Å²) in [5.41, 5.74) is 2.69. The fraction of sp³-hybridized carbons (Fsp3) is 0.429. The van der Waals surface area contributed by atoms with Crippen molar-refractivity contribution in [2.75, 3.05) is 24.6 Å².